The standard InChI is InChI=1S/C14H8Cl2F2O/c15-9-2-4-12(17)10(7-9)14(19)6-8-1-3-13(18)11(16)5-8/h1-5,7H,6H2. The Hall–Kier alpha value is -1.45. The molecule has 0 saturated carbocycles. The van der Waals surface area contributed by atoms with Crippen LogP contribution in [0.3, 0.4) is 0 Å². The highest BCUT2D eigenvalue weighted by molar-refractivity contribution is 6.31. The molecule has 0 spiro atoms. The summed E-state index contributed by atoms with van der Waals surface area (Å²) in [5, 5.41) is 0.207. The summed E-state index contributed by atoms with van der Waals surface area (Å²) in [6.45, 7) is 0. The lowest BCUT2D eigenvalue weighted by atomic mass is 10.0. The molecule has 19 heavy (non-hydrogen) atoms. The van der Waals surface area contributed by atoms with E-state index < -0.39 is 17.4 Å². The van der Waals surface area contributed by atoms with Crippen molar-refractivity contribution < 1.29 is 13.6 Å². The van der Waals surface area contributed by atoms with Gasteiger partial charge in [0.25, 0.3) is 0 Å². The Balaban J connectivity index is 2.25. The van der Waals surface area contributed by atoms with E-state index in [4.69, 9.17) is 23.2 Å². The largest absolute Gasteiger partial charge is 0.294 e. The molecule has 0 radical (unpaired) electrons. The first-order valence-electron chi connectivity index (χ1n) is 5.39. The Morgan fingerprint density at radius 2 is 1.68 bits per heavy atom. The quantitative estimate of drug-likeness (QED) is 0.751. The SMILES string of the molecule is O=C(Cc1ccc(F)c(Cl)c1)c1cc(Cl)ccc1F. The molecule has 2 rings (SSSR count). The van der Waals surface area contributed by atoms with Crippen LogP contribution in [-0.2, 0) is 6.42 Å². The molecule has 98 valence electrons. The van der Waals surface area contributed by atoms with Gasteiger partial charge in [0.1, 0.15) is 11.6 Å². The van der Waals surface area contributed by atoms with Gasteiger partial charge in [-0.25, -0.2) is 8.78 Å². The van der Waals surface area contributed by atoms with Crippen LogP contribution in [0.25, 0.3) is 0 Å². The fraction of sp³-hybridized carbons (Fsp3) is 0.0714. The van der Waals surface area contributed by atoms with E-state index in [-0.39, 0.29) is 22.0 Å². The van der Waals surface area contributed by atoms with Crippen molar-refractivity contribution in [2.75, 3.05) is 0 Å². The summed E-state index contributed by atoms with van der Waals surface area (Å²) in [4.78, 5) is 11.9. The molecule has 2 aromatic carbocycles. The number of Topliss-reactive ketones (excluding diaryl/α,β-unsaturated/α-hetero) is 1. The molecule has 0 aliphatic rings. The molecule has 0 N–H and O–H groups in total. The number of hydrogen-bond donors (Lipinski definition) is 0. The number of halogens is 4. The van der Waals surface area contributed by atoms with Gasteiger partial charge < -0.3 is 0 Å². The zero-order valence-electron chi connectivity index (χ0n) is 9.59. The van der Waals surface area contributed by atoms with Crippen molar-refractivity contribution in [1.29, 1.82) is 0 Å². The predicted molar refractivity (Wildman–Crippen MR) is 70.9 cm³/mol. The zero-order valence-corrected chi connectivity index (χ0v) is 11.1. The second-order valence-corrected chi connectivity index (χ2v) is 4.82. The Kier molecular flexibility index (Phi) is 4.17. The molecular weight excluding hydrogens is 293 g/mol. The van der Waals surface area contributed by atoms with Crippen LogP contribution in [-0.4, -0.2) is 5.78 Å². The van der Waals surface area contributed by atoms with Gasteiger partial charge in [0.05, 0.1) is 10.6 Å². The predicted octanol–water partition coefficient (Wildman–Crippen LogP) is 4.70. The minimum absolute atomic E-state index is 0.0722. The van der Waals surface area contributed by atoms with Gasteiger partial charge in [-0.2, -0.15) is 0 Å². The van der Waals surface area contributed by atoms with Crippen molar-refractivity contribution in [3.05, 3.63) is 69.2 Å². The molecule has 0 atom stereocenters. The van der Waals surface area contributed by atoms with Crippen LogP contribution in [0.1, 0.15) is 15.9 Å². The lowest BCUT2D eigenvalue weighted by molar-refractivity contribution is 0.0989. The van der Waals surface area contributed by atoms with Gasteiger partial charge in [0, 0.05) is 11.4 Å². The van der Waals surface area contributed by atoms with Gasteiger partial charge in [0.15, 0.2) is 5.78 Å². The summed E-state index contributed by atoms with van der Waals surface area (Å²) in [7, 11) is 0. The van der Waals surface area contributed by atoms with Crippen LogP contribution in [0.4, 0.5) is 8.78 Å². The summed E-state index contributed by atoms with van der Waals surface area (Å²) < 4.78 is 26.5. The minimum atomic E-state index is -0.636. The van der Waals surface area contributed by atoms with E-state index in [1.165, 1.54) is 30.3 Å². The Labute approximate surface area is 118 Å². The molecular formula is C14H8Cl2F2O. The number of rotatable bonds is 3. The van der Waals surface area contributed by atoms with Crippen molar-refractivity contribution in [3.8, 4) is 0 Å². The molecule has 0 saturated heterocycles. The van der Waals surface area contributed by atoms with Gasteiger partial charge in [-0.15, -0.1) is 0 Å². The monoisotopic (exact) mass is 300 g/mol. The second kappa shape index (κ2) is 5.68. The first kappa shape index (κ1) is 14.0. The lowest BCUT2D eigenvalue weighted by Gasteiger charge is -2.04. The molecule has 0 aliphatic carbocycles. The molecule has 0 aromatic heterocycles. The van der Waals surface area contributed by atoms with Gasteiger partial charge in [-0.05, 0) is 35.9 Å². The lowest BCUT2D eigenvalue weighted by Crippen LogP contribution is -2.06. The Bertz CT molecular complexity index is 641. The average Bonchev–Trinajstić information content (AvgIpc) is 2.36. The van der Waals surface area contributed by atoms with Gasteiger partial charge in [-0.3, -0.25) is 4.79 Å². The van der Waals surface area contributed by atoms with E-state index in [9.17, 15) is 13.6 Å². The minimum Gasteiger partial charge on any atom is -0.294 e. The zero-order chi connectivity index (χ0) is 14.0. The van der Waals surface area contributed by atoms with E-state index in [1.54, 1.807) is 0 Å². The van der Waals surface area contributed by atoms with Crippen molar-refractivity contribution in [2.24, 2.45) is 0 Å². The topological polar surface area (TPSA) is 17.1 Å². The fourth-order valence-corrected chi connectivity index (χ4v) is 2.02. The van der Waals surface area contributed by atoms with Crippen LogP contribution in [0.2, 0.25) is 10.0 Å². The van der Waals surface area contributed by atoms with Crippen LogP contribution < -0.4 is 0 Å². The normalized spacial score (nSPS) is 10.5. The van der Waals surface area contributed by atoms with Crippen LogP contribution in [0.15, 0.2) is 36.4 Å². The maximum atomic E-state index is 13.5. The van der Waals surface area contributed by atoms with Crippen LogP contribution in [0, 0.1) is 11.6 Å². The van der Waals surface area contributed by atoms with Crippen LogP contribution >= 0.6 is 23.2 Å². The molecule has 2 aromatic rings. The van der Waals surface area contributed by atoms with Gasteiger partial charge in [0.2, 0.25) is 0 Å². The van der Waals surface area contributed by atoms with E-state index in [2.05, 4.69) is 0 Å². The fourth-order valence-electron chi connectivity index (χ4n) is 1.64. The van der Waals surface area contributed by atoms with Gasteiger partial charge >= 0.3 is 0 Å². The molecule has 0 fully saturated rings. The maximum absolute atomic E-state index is 13.5. The molecule has 0 aliphatic heterocycles. The molecule has 5 heteroatoms. The summed E-state index contributed by atoms with van der Waals surface area (Å²) in [6, 6.07) is 7.71. The second-order valence-electron chi connectivity index (χ2n) is 3.97. The first-order valence-corrected chi connectivity index (χ1v) is 6.15. The Morgan fingerprint density at radius 3 is 2.37 bits per heavy atom. The smallest absolute Gasteiger partial charge is 0.170 e. The summed E-state index contributed by atoms with van der Waals surface area (Å²) in [5.41, 5.74) is 0.420. The molecule has 0 bridgehead atoms. The van der Waals surface area contributed by atoms with E-state index in [1.807, 2.05) is 0 Å². The molecule has 0 unspecified atom stereocenters. The number of carbonyl (C=O) groups is 1. The third-order valence-electron chi connectivity index (χ3n) is 2.58. The van der Waals surface area contributed by atoms with E-state index in [0.717, 1.165) is 6.07 Å². The maximum Gasteiger partial charge on any atom is 0.170 e. The first-order chi connectivity index (χ1) is 8.97. The van der Waals surface area contributed by atoms with E-state index >= 15 is 0 Å². The van der Waals surface area contributed by atoms with Crippen molar-refractivity contribution >= 4 is 29.0 Å². The summed E-state index contributed by atoms with van der Waals surface area (Å²) in [5.74, 6) is -1.64. The van der Waals surface area contributed by atoms with Crippen LogP contribution in [0.5, 0.6) is 0 Å². The highest BCUT2D eigenvalue weighted by Crippen LogP contribution is 2.20. The van der Waals surface area contributed by atoms with Crippen molar-refractivity contribution in [1.82, 2.24) is 0 Å². The van der Waals surface area contributed by atoms with E-state index in [0.29, 0.717) is 5.56 Å². The van der Waals surface area contributed by atoms with Crippen molar-refractivity contribution in [3.63, 3.8) is 0 Å². The third kappa shape index (κ3) is 3.31. The average molecular weight is 301 g/mol. The molecule has 1 nitrogen and oxygen atoms in total. The third-order valence-corrected chi connectivity index (χ3v) is 3.10. The molecule has 0 heterocycles. The highest BCUT2D eigenvalue weighted by atomic mass is 35.5. The number of benzene rings is 2. The summed E-state index contributed by atoms with van der Waals surface area (Å²) in [6.07, 6.45) is -0.0722. The van der Waals surface area contributed by atoms with Gasteiger partial charge in [-0.1, -0.05) is 29.3 Å². The summed E-state index contributed by atoms with van der Waals surface area (Å²) >= 11 is 11.3. The number of ketones is 1. The van der Waals surface area contributed by atoms with Crippen molar-refractivity contribution in [2.45, 2.75) is 6.42 Å². The Morgan fingerprint density at radius 1 is 1.00 bits per heavy atom. The molecule has 0 amide bonds. The highest BCUT2D eigenvalue weighted by Gasteiger charge is 2.13. The number of hydrogen-bond acceptors (Lipinski definition) is 1. The number of carbonyl (C=O) groups excluding carboxylic acids is 1.